The van der Waals surface area contributed by atoms with Crippen LogP contribution >= 0.6 is 0 Å². The van der Waals surface area contributed by atoms with E-state index in [1.54, 1.807) is 0 Å². The van der Waals surface area contributed by atoms with Crippen molar-refractivity contribution < 1.29 is 4.74 Å². The zero-order valence-corrected chi connectivity index (χ0v) is 9.58. The number of hydrogen-bond acceptors (Lipinski definition) is 3. The summed E-state index contributed by atoms with van der Waals surface area (Å²) in [6.45, 7) is 7.12. The Morgan fingerprint density at radius 3 is 2.53 bits per heavy atom. The predicted octanol–water partition coefficient (Wildman–Crippen LogP) is 1.83. The van der Waals surface area contributed by atoms with E-state index in [-0.39, 0.29) is 0 Å². The molecule has 0 spiro atoms. The molecule has 15 heavy (non-hydrogen) atoms. The van der Waals surface area contributed by atoms with E-state index in [1.165, 1.54) is 0 Å². The standard InChI is InChI=1S/C12H18N2O/c1-8-4-12(7-13-8)15-11-5-9(2)14-10(3)6-11/h5-6,8,12-13H,4,7H2,1-3H3/t8-,12-/m1/s1. The second kappa shape index (κ2) is 4.19. The summed E-state index contributed by atoms with van der Waals surface area (Å²) in [5.74, 6) is 0.945. The summed E-state index contributed by atoms with van der Waals surface area (Å²) in [5, 5.41) is 3.38. The lowest BCUT2D eigenvalue weighted by atomic mass is 10.2. The minimum atomic E-state index is 0.307. The number of aryl methyl sites for hydroxylation is 2. The van der Waals surface area contributed by atoms with E-state index in [0.29, 0.717) is 12.1 Å². The molecular weight excluding hydrogens is 188 g/mol. The maximum absolute atomic E-state index is 5.90. The lowest BCUT2D eigenvalue weighted by Crippen LogP contribution is -2.20. The summed E-state index contributed by atoms with van der Waals surface area (Å²) in [4.78, 5) is 4.33. The molecule has 0 aliphatic carbocycles. The molecule has 0 saturated carbocycles. The molecule has 3 heteroatoms. The molecule has 0 aromatic carbocycles. The Hall–Kier alpha value is -1.09. The maximum atomic E-state index is 5.90. The zero-order valence-electron chi connectivity index (χ0n) is 9.58. The molecule has 1 aliphatic rings. The van der Waals surface area contributed by atoms with Crippen LogP contribution in [0, 0.1) is 13.8 Å². The summed E-state index contributed by atoms with van der Waals surface area (Å²) in [7, 11) is 0. The van der Waals surface area contributed by atoms with Gasteiger partial charge in [0.25, 0.3) is 0 Å². The Kier molecular flexibility index (Phi) is 2.91. The van der Waals surface area contributed by atoms with Gasteiger partial charge in [-0.05, 0) is 20.8 Å². The van der Waals surface area contributed by atoms with E-state index >= 15 is 0 Å². The third-order valence-corrected chi connectivity index (χ3v) is 2.67. The van der Waals surface area contributed by atoms with Crippen LogP contribution in [0.5, 0.6) is 5.75 Å². The predicted molar refractivity (Wildman–Crippen MR) is 60.2 cm³/mol. The molecule has 1 aliphatic heterocycles. The molecule has 0 bridgehead atoms. The fraction of sp³-hybridized carbons (Fsp3) is 0.583. The van der Waals surface area contributed by atoms with Crippen molar-refractivity contribution in [2.75, 3.05) is 6.54 Å². The average Bonchev–Trinajstić information content (AvgIpc) is 2.49. The Labute approximate surface area is 90.9 Å². The second-order valence-corrected chi connectivity index (χ2v) is 4.37. The molecule has 1 N–H and O–H groups in total. The molecule has 1 aromatic heterocycles. The molecule has 1 aromatic rings. The van der Waals surface area contributed by atoms with E-state index in [0.717, 1.165) is 30.1 Å². The van der Waals surface area contributed by atoms with Crippen LogP contribution in [-0.2, 0) is 0 Å². The van der Waals surface area contributed by atoms with Crippen molar-refractivity contribution >= 4 is 0 Å². The van der Waals surface area contributed by atoms with Crippen molar-refractivity contribution in [3.63, 3.8) is 0 Å². The number of aromatic nitrogens is 1. The van der Waals surface area contributed by atoms with Gasteiger partial charge in [0.2, 0.25) is 0 Å². The van der Waals surface area contributed by atoms with Crippen molar-refractivity contribution in [3.05, 3.63) is 23.5 Å². The Balaban J connectivity index is 2.04. The summed E-state index contributed by atoms with van der Waals surface area (Å²) >= 11 is 0. The van der Waals surface area contributed by atoms with Crippen molar-refractivity contribution in [3.8, 4) is 5.75 Å². The highest BCUT2D eigenvalue weighted by Crippen LogP contribution is 2.18. The molecule has 82 valence electrons. The lowest BCUT2D eigenvalue weighted by Gasteiger charge is -2.13. The highest BCUT2D eigenvalue weighted by molar-refractivity contribution is 5.26. The molecule has 1 saturated heterocycles. The Morgan fingerprint density at radius 2 is 2.00 bits per heavy atom. The topological polar surface area (TPSA) is 34.1 Å². The highest BCUT2D eigenvalue weighted by Gasteiger charge is 2.21. The van der Waals surface area contributed by atoms with Crippen LogP contribution in [0.4, 0.5) is 0 Å². The normalized spacial score (nSPS) is 25.5. The first-order chi connectivity index (χ1) is 7.13. The van der Waals surface area contributed by atoms with Gasteiger partial charge < -0.3 is 10.1 Å². The average molecular weight is 206 g/mol. The Morgan fingerprint density at radius 1 is 1.33 bits per heavy atom. The third kappa shape index (κ3) is 2.69. The van der Waals surface area contributed by atoms with Gasteiger partial charge in [-0.1, -0.05) is 0 Å². The van der Waals surface area contributed by atoms with Crippen LogP contribution in [0.15, 0.2) is 12.1 Å². The molecule has 2 atom stereocenters. The fourth-order valence-corrected chi connectivity index (χ4v) is 2.04. The molecular formula is C12H18N2O. The minimum absolute atomic E-state index is 0.307. The highest BCUT2D eigenvalue weighted by atomic mass is 16.5. The molecule has 2 rings (SSSR count). The lowest BCUT2D eigenvalue weighted by molar-refractivity contribution is 0.220. The summed E-state index contributed by atoms with van der Waals surface area (Å²) in [6, 6.07) is 4.56. The largest absolute Gasteiger partial charge is 0.489 e. The van der Waals surface area contributed by atoms with Crippen LogP contribution in [0.1, 0.15) is 24.7 Å². The molecule has 0 amide bonds. The van der Waals surface area contributed by atoms with Crippen LogP contribution in [0.2, 0.25) is 0 Å². The third-order valence-electron chi connectivity index (χ3n) is 2.67. The maximum Gasteiger partial charge on any atom is 0.123 e. The number of rotatable bonds is 2. The van der Waals surface area contributed by atoms with Gasteiger partial charge in [0.05, 0.1) is 0 Å². The van der Waals surface area contributed by atoms with Crippen molar-refractivity contribution in [1.29, 1.82) is 0 Å². The van der Waals surface area contributed by atoms with Gasteiger partial charge in [-0.3, -0.25) is 4.98 Å². The number of nitrogens with one attached hydrogen (secondary N) is 1. The summed E-state index contributed by atoms with van der Waals surface area (Å²) in [6.07, 6.45) is 1.39. The molecule has 0 unspecified atom stereocenters. The first-order valence-corrected chi connectivity index (χ1v) is 5.49. The van der Waals surface area contributed by atoms with Gasteiger partial charge in [0.1, 0.15) is 11.9 Å². The molecule has 0 radical (unpaired) electrons. The van der Waals surface area contributed by atoms with Crippen LogP contribution < -0.4 is 10.1 Å². The molecule has 2 heterocycles. The number of ether oxygens (including phenoxy) is 1. The van der Waals surface area contributed by atoms with Crippen LogP contribution in [0.3, 0.4) is 0 Å². The smallest absolute Gasteiger partial charge is 0.123 e. The molecule has 1 fully saturated rings. The van der Waals surface area contributed by atoms with Crippen molar-refractivity contribution in [2.24, 2.45) is 0 Å². The minimum Gasteiger partial charge on any atom is -0.489 e. The molecule has 3 nitrogen and oxygen atoms in total. The van der Waals surface area contributed by atoms with Gasteiger partial charge >= 0.3 is 0 Å². The first kappa shape index (κ1) is 10.4. The number of nitrogens with zero attached hydrogens (tertiary/aromatic N) is 1. The van der Waals surface area contributed by atoms with E-state index in [9.17, 15) is 0 Å². The van der Waals surface area contributed by atoms with E-state index in [2.05, 4.69) is 17.2 Å². The van der Waals surface area contributed by atoms with Crippen molar-refractivity contribution in [2.45, 2.75) is 39.3 Å². The second-order valence-electron chi connectivity index (χ2n) is 4.37. The summed E-state index contributed by atoms with van der Waals surface area (Å²) in [5.41, 5.74) is 2.04. The van der Waals surface area contributed by atoms with E-state index < -0.39 is 0 Å². The van der Waals surface area contributed by atoms with E-state index in [4.69, 9.17) is 4.74 Å². The van der Waals surface area contributed by atoms with Crippen LogP contribution in [0.25, 0.3) is 0 Å². The monoisotopic (exact) mass is 206 g/mol. The van der Waals surface area contributed by atoms with Gasteiger partial charge in [0.15, 0.2) is 0 Å². The SMILES string of the molecule is Cc1cc(O[C@H]2CN[C@H](C)C2)cc(C)n1. The van der Waals surface area contributed by atoms with Gasteiger partial charge in [-0.25, -0.2) is 0 Å². The van der Waals surface area contributed by atoms with Crippen LogP contribution in [-0.4, -0.2) is 23.7 Å². The van der Waals surface area contributed by atoms with Crippen molar-refractivity contribution in [1.82, 2.24) is 10.3 Å². The zero-order chi connectivity index (χ0) is 10.8. The number of pyridine rings is 1. The van der Waals surface area contributed by atoms with Gasteiger partial charge in [-0.2, -0.15) is 0 Å². The van der Waals surface area contributed by atoms with E-state index in [1.807, 2.05) is 26.0 Å². The van der Waals surface area contributed by atoms with Gasteiger partial charge in [-0.15, -0.1) is 0 Å². The summed E-state index contributed by atoms with van der Waals surface area (Å²) < 4.78 is 5.90. The van der Waals surface area contributed by atoms with Gasteiger partial charge in [0, 0.05) is 42.5 Å². The number of hydrogen-bond donors (Lipinski definition) is 1. The first-order valence-electron chi connectivity index (χ1n) is 5.49. The Bertz CT molecular complexity index is 331. The fourth-order valence-electron chi connectivity index (χ4n) is 2.04. The quantitative estimate of drug-likeness (QED) is 0.801.